The number of hydrogen-bond donors (Lipinski definition) is 1. The molecule has 0 atom stereocenters. The summed E-state index contributed by atoms with van der Waals surface area (Å²) in [5, 5.41) is 0. The van der Waals surface area contributed by atoms with E-state index in [0.29, 0.717) is 13.1 Å². The van der Waals surface area contributed by atoms with Gasteiger partial charge in [-0.3, -0.25) is 4.31 Å². The third-order valence-electron chi connectivity index (χ3n) is 2.75. The van der Waals surface area contributed by atoms with Crippen LogP contribution in [0, 0.1) is 0 Å². The number of hydrogen-bond acceptors (Lipinski definition) is 2. The van der Waals surface area contributed by atoms with Gasteiger partial charge in [-0.15, -0.1) is 0 Å². The van der Waals surface area contributed by atoms with Gasteiger partial charge in [-0.25, -0.2) is 0 Å². The molecule has 88 valence electrons. The van der Waals surface area contributed by atoms with Gasteiger partial charge >= 0.3 is 10.2 Å². The van der Waals surface area contributed by atoms with Crippen LogP contribution < -0.4 is 9.03 Å². The Labute approximate surface area is 96.5 Å². The van der Waals surface area contributed by atoms with E-state index in [1.54, 1.807) is 0 Å². The summed E-state index contributed by atoms with van der Waals surface area (Å²) in [7, 11) is -3.31. The molecule has 5 heteroatoms. The SMILES string of the molecule is CCc1ccc(N2CCCNS2(=O)=O)cc1. The molecule has 0 radical (unpaired) electrons. The summed E-state index contributed by atoms with van der Waals surface area (Å²) in [6.07, 6.45) is 1.81. The highest BCUT2D eigenvalue weighted by molar-refractivity contribution is 7.90. The first-order valence-electron chi connectivity index (χ1n) is 5.50. The van der Waals surface area contributed by atoms with E-state index in [1.807, 2.05) is 24.3 Å². The van der Waals surface area contributed by atoms with E-state index >= 15 is 0 Å². The fourth-order valence-electron chi connectivity index (χ4n) is 1.79. The number of anilines is 1. The van der Waals surface area contributed by atoms with Crippen LogP contribution in [0.15, 0.2) is 24.3 Å². The van der Waals surface area contributed by atoms with Crippen LogP contribution >= 0.6 is 0 Å². The second kappa shape index (κ2) is 4.43. The van der Waals surface area contributed by atoms with Crippen molar-refractivity contribution in [3.8, 4) is 0 Å². The molecule has 1 saturated heterocycles. The highest BCUT2D eigenvalue weighted by Crippen LogP contribution is 2.20. The third-order valence-corrected chi connectivity index (χ3v) is 4.29. The topological polar surface area (TPSA) is 49.4 Å². The minimum absolute atomic E-state index is 0.534. The van der Waals surface area contributed by atoms with Crippen LogP contribution in [-0.4, -0.2) is 21.5 Å². The maximum Gasteiger partial charge on any atom is 0.301 e. The van der Waals surface area contributed by atoms with Crippen LogP contribution in [0.25, 0.3) is 0 Å². The van der Waals surface area contributed by atoms with E-state index in [-0.39, 0.29) is 0 Å². The van der Waals surface area contributed by atoms with Crippen LogP contribution in [-0.2, 0) is 16.6 Å². The highest BCUT2D eigenvalue weighted by Gasteiger charge is 2.25. The van der Waals surface area contributed by atoms with Gasteiger partial charge in [-0.2, -0.15) is 13.1 Å². The lowest BCUT2D eigenvalue weighted by Gasteiger charge is -2.28. The normalized spacial score (nSPS) is 19.7. The van der Waals surface area contributed by atoms with E-state index < -0.39 is 10.2 Å². The molecular formula is C11H16N2O2S. The Morgan fingerprint density at radius 3 is 2.56 bits per heavy atom. The van der Waals surface area contributed by atoms with Gasteiger partial charge in [0.05, 0.1) is 5.69 Å². The zero-order chi connectivity index (χ0) is 11.6. The van der Waals surface area contributed by atoms with Crippen molar-refractivity contribution in [1.29, 1.82) is 0 Å². The van der Waals surface area contributed by atoms with Crippen molar-refractivity contribution in [3.63, 3.8) is 0 Å². The minimum Gasteiger partial charge on any atom is -0.258 e. The Kier molecular flexibility index (Phi) is 3.16. The fourth-order valence-corrected chi connectivity index (χ4v) is 3.11. The summed E-state index contributed by atoms with van der Waals surface area (Å²) in [5.74, 6) is 0. The zero-order valence-electron chi connectivity index (χ0n) is 9.31. The zero-order valence-corrected chi connectivity index (χ0v) is 10.1. The van der Waals surface area contributed by atoms with Gasteiger partial charge in [0.1, 0.15) is 0 Å². The average molecular weight is 240 g/mol. The van der Waals surface area contributed by atoms with Crippen molar-refractivity contribution in [2.24, 2.45) is 0 Å². The number of nitrogens with one attached hydrogen (secondary N) is 1. The number of rotatable bonds is 2. The lowest BCUT2D eigenvalue weighted by atomic mass is 10.1. The molecule has 1 fully saturated rings. The number of aryl methyl sites for hydroxylation is 1. The molecule has 0 saturated carbocycles. The average Bonchev–Trinajstić information content (AvgIpc) is 2.29. The quantitative estimate of drug-likeness (QED) is 0.847. The molecule has 1 aromatic carbocycles. The van der Waals surface area contributed by atoms with Gasteiger partial charge in [0, 0.05) is 13.1 Å². The molecule has 16 heavy (non-hydrogen) atoms. The standard InChI is InChI=1S/C11H16N2O2S/c1-2-10-4-6-11(7-5-10)13-9-3-8-12-16(13,14)15/h4-7,12H,2-3,8-9H2,1H3. The summed E-state index contributed by atoms with van der Waals surface area (Å²) in [6, 6.07) is 7.67. The van der Waals surface area contributed by atoms with Crippen molar-refractivity contribution < 1.29 is 8.42 Å². The first-order valence-corrected chi connectivity index (χ1v) is 6.94. The van der Waals surface area contributed by atoms with Crippen molar-refractivity contribution in [2.45, 2.75) is 19.8 Å². The minimum atomic E-state index is -3.31. The third kappa shape index (κ3) is 2.20. The van der Waals surface area contributed by atoms with Crippen molar-refractivity contribution in [3.05, 3.63) is 29.8 Å². The Bertz CT molecular complexity index is 453. The van der Waals surface area contributed by atoms with Crippen LogP contribution in [0.1, 0.15) is 18.9 Å². The molecule has 2 rings (SSSR count). The molecule has 0 bridgehead atoms. The van der Waals surface area contributed by atoms with E-state index in [0.717, 1.165) is 18.5 Å². The molecule has 0 aliphatic carbocycles. The Hall–Kier alpha value is -1.07. The molecule has 0 spiro atoms. The Morgan fingerprint density at radius 2 is 2.00 bits per heavy atom. The first kappa shape index (κ1) is 11.4. The van der Waals surface area contributed by atoms with Crippen molar-refractivity contribution >= 4 is 15.9 Å². The van der Waals surface area contributed by atoms with E-state index in [2.05, 4.69) is 11.6 Å². The van der Waals surface area contributed by atoms with Crippen molar-refractivity contribution in [2.75, 3.05) is 17.4 Å². The Balaban J connectivity index is 2.28. The molecular weight excluding hydrogens is 224 g/mol. The molecule has 1 aliphatic heterocycles. The molecule has 0 amide bonds. The molecule has 0 aromatic heterocycles. The first-order chi connectivity index (χ1) is 7.63. The lowest BCUT2D eigenvalue weighted by Crippen LogP contribution is -2.47. The van der Waals surface area contributed by atoms with Crippen LogP contribution in [0.3, 0.4) is 0 Å². The largest absolute Gasteiger partial charge is 0.301 e. The smallest absolute Gasteiger partial charge is 0.258 e. The van der Waals surface area contributed by atoms with Crippen LogP contribution in [0.2, 0.25) is 0 Å². The second-order valence-electron chi connectivity index (χ2n) is 3.85. The Morgan fingerprint density at radius 1 is 1.31 bits per heavy atom. The lowest BCUT2D eigenvalue weighted by molar-refractivity contribution is 0.560. The molecule has 4 nitrogen and oxygen atoms in total. The van der Waals surface area contributed by atoms with E-state index in [9.17, 15) is 8.42 Å². The molecule has 1 heterocycles. The summed E-state index contributed by atoms with van der Waals surface area (Å²) in [6.45, 7) is 3.17. The molecule has 1 aliphatic rings. The van der Waals surface area contributed by atoms with Gasteiger partial charge in [0.25, 0.3) is 0 Å². The van der Waals surface area contributed by atoms with Crippen LogP contribution in [0.5, 0.6) is 0 Å². The van der Waals surface area contributed by atoms with Gasteiger partial charge in [-0.1, -0.05) is 19.1 Å². The maximum atomic E-state index is 11.8. The fraction of sp³-hybridized carbons (Fsp3) is 0.455. The monoisotopic (exact) mass is 240 g/mol. The van der Waals surface area contributed by atoms with E-state index in [1.165, 1.54) is 9.87 Å². The van der Waals surface area contributed by atoms with E-state index in [4.69, 9.17) is 0 Å². The maximum absolute atomic E-state index is 11.8. The highest BCUT2D eigenvalue weighted by atomic mass is 32.2. The number of nitrogens with zero attached hydrogens (tertiary/aromatic N) is 1. The van der Waals surface area contributed by atoms with Crippen molar-refractivity contribution in [1.82, 2.24) is 4.72 Å². The summed E-state index contributed by atoms with van der Waals surface area (Å²) < 4.78 is 27.5. The summed E-state index contributed by atoms with van der Waals surface area (Å²) in [4.78, 5) is 0. The van der Waals surface area contributed by atoms with Gasteiger partial charge in [-0.05, 0) is 30.5 Å². The summed E-state index contributed by atoms with van der Waals surface area (Å²) >= 11 is 0. The van der Waals surface area contributed by atoms with Crippen LogP contribution in [0.4, 0.5) is 5.69 Å². The number of benzene rings is 1. The molecule has 1 aromatic rings. The van der Waals surface area contributed by atoms with Gasteiger partial charge < -0.3 is 0 Å². The van der Waals surface area contributed by atoms with Gasteiger partial charge in [0.2, 0.25) is 0 Å². The second-order valence-corrected chi connectivity index (χ2v) is 5.52. The molecule has 0 unspecified atom stereocenters. The van der Waals surface area contributed by atoms with Gasteiger partial charge in [0.15, 0.2) is 0 Å². The molecule has 1 N–H and O–H groups in total. The predicted octanol–water partition coefficient (Wildman–Crippen LogP) is 1.29. The predicted molar refractivity (Wildman–Crippen MR) is 64.7 cm³/mol. The summed E-state index contributed by atoms with van der Waals surface area (Å²) in [5.41, 5.74) is 1.95.